The highest BCUT2D eigenvalue weighted by atomic mass is 16.6. The lowest BCUT2D eigenvalue weighted by Gasteiger charge is -2.13. The van der Waals surface area contributed by atoms with Crippen molar-refractivity contribution in [1.29, 1.82) is 0 Å². The molecule has 0 fully saturated rings. The summed E-state index contributed by atoms with van der Waals surface area (Å²) in [7, 11) is 0. The Labute approximate surface area is 195 Å². The number of hydrogen-bond donors (Lipinski definition) is 1. The number of fused-ring (bicyclic) bond motifs is 2. The summed E-state index contributed by atoms with van der Waals surface area (Å²) >= 11 is 0. The quantitative estimate of drug-likeness (QED) is 0.171. The van der Waals surface area contributed by atoms with Crippen LogP contribution >= 0.6 is 0 Å². The molecule has 0 spiro atoms. The number of benzene rings is 3. The molecule has 0 atom stereocenters. The number of nitro benzene ring substituents is 1. The molecule has 5 rings (SSSR count). The fourth-order valence-electron chi connectivity index (χ4n) is 4.15. The molecule has 0 unspecified atom stereocenters. The van der Waals surface area contributed by atoms with Crippen LogP contribution in [0.1, 0.15) is 40.3 Å². The molecule has 3 aromatic carbocycles. The topological polar surface area (TPSA) is 107 Å². The van der Waals surface area contributed by atoms with Crippen LogP contribution in [0, 0.1) is 17.0 Å². The van der Waals surface area contributed by atoms with Gasteiger partial charge in [-0.15, -0.1) is 0 Å². The van der Waals surface area contributed by atoms with E-state index in [1.807, 2.05) is 43.3 Å². The van der Waals surface area contributed by atoms with Crippen molar-refractivity contribution in [3.05, 3.63) is 99.5 Å². The molecule has 8 heteroatoms. The molecule has 0 aliphatic heterocycles. The molecule has 34 heavy (non-hydrogen) atoms. The van der Waals surface area contributed by atoms with Crippen LogP contribution in [-0.4, -0.2) is 16.6 Å². The number of non-ortho nitro benzene ring substituents is 1. The van der Waals surface area contributed by atoms with Gasteiger partial charge in [-0.3, -0.25) is 15.5 Å². The molecule has 4 aromatic rings. The maximum absolute atomic E-state index is 12.9. The van der Waals surface area contributed by atoms with E-state index in [9.17, 15) is 14.9 Å². The summed E-state index contributed by atoms with van der Waals surface area (Å²) in [6.45, 7) is 1.83. The van der Waals surface area contributed by atoms with Crippen LogP contribution in [0.2, 0.25) is 0 Å². The first-order valence-corrected chi connectivity index (χ1v) is 10.9. The minimum absolute atomic E-state index is 0.0124. The average molecular weight is 455 g/mol. The Morgan fingerprint density at radius 1 is 1.06 bits per heavy atom. The number of rotatable bonds is 5. The van der Waals surface area contributed by atoms with Crippen LogP contribution in [0.3, 0.4) is 0 Å². The molecular formula is C26H21N3O5. The normalized spacial score (nSPS) is 14.1. The number of esters is 1. The number of hydrogen-bond acceptors (Lipinski definition) is 7. The van der Waals surface area contributed by atoms with Crippen LogP contribution < -0.4 is 10.2 Å². The standard InChI is InChI=1S/C26H21N3O5/c1-16-24-22(28-27-19-10-12-20(13-11-19)29(31)32)7-4-8-23(24)34-25(16)26(30)33-21-14-9-17-5-2-3-6-18(17)15-21/h2-3,5-6,9-15,27H,4,7-8H2,1H3/b28-22+. The smallest absolute Gasteiger partial charge is 0.379 e. The van der Waals surface area contributed by atoms with Gasteiger partial charge in [-0.05, 0) is 54.8 Å². The van der Waals surface area contributed by atoms with Crippen molar-refractivity contribution in [1.82, 2.24) is 0 Å². The molecule has 1 aliphatic carbocycles. The lowest BCUT2D eigenvalue weighted by molar-refractivity contribution is -0.384. The molecular weight excluding hydrogens is 434 g/mol. The van der Waals surface area contributed by atoms with Crippen molar-refractivity contribution in [2.45, 2.75) is 26.2 Å². The van der Waals surface area contributed by atoms with Crippen LogP contribution in [0.5, 0.6) is 5.75 Å². The van der Waals surface area contributed by atoms with E-state index >= 15 is 0 Å². The number of aryl methyl sites for hydroxylation is 1. The van der Waals surface area contributed by atoms with E-state index in [1.165, 1.54) is 12.1 Å². The molecule has 0 radical (unpaired) electrons. The van der Waals surface area contributed by atoms with Gasteiger partial charge in [0.2, 0.25) is 5.76 Å². The van der Waals surface area contributed by atoms with Crippen molar-refractivity contribution in [2.24, 2.45) is 5.10 Å². The number of ether oxygens (including phenoxy) is 1. The molecule has 0 amide bonds. The van der Waals surface area contributed by atoms with Crippen LogP contribution in [0.25, 0.3) is 10.8 Å². The molecule has 1 N–H and O–H groups in total. The number of carbonyl (C=O) groups excluding carboxylic acids is 1. The summed E-state index contributed by atoms with van der Waals surface area (Å²) in [5, 5.41) is 17.4. The van der Waals surface area contributed by atoms with E-state index in [0.717, 1.165) is 28.5 Å². The van der Waals surface area contributed by atoms with Gasteiger partial charge in [0.05, 0.1) is 16.3 Å². The first kappa shape index (κ1) is 21.4. The van der Waals surface area contributed by atoms with Gasteiger partial charge in [0, 0.05) is 29.7 Å². The third kappa shape index (κ3) is 4.13. The van der Waals surface area contributed by atoms with Gasteiger partial charge in [-0.1, -0.05) is 30.3 Å². The Bertz CT molecular complexity index is 1440. The number of hydrazone groups is 1. The molecule has 1 aliphatic rings. The van der Waals surface area contributed by atoms with Gasteiger partial charge < -0.3 is 9.15 Å². The predicted octanol–water partition coefficient (Wildman–Crippen LogP) is 6.02. The largest absolute Gasteiger partial charge is 0.453 e. The lowest BCUT2D eigenvalue weighted by atomic mass is 9.93. The van der Waals surface area contributed by atoms with E-state index in [1.54, 1.807) is 18.2 Å². The van der Waals surface area contributed by atoms with Gasteiger partial charge >= 0.3 is 5.97 Å². The number of nitrogens with zero attached hydrogens (tertiary/aromatic N) is 2. The Morgan fingerprint density at radius 2 is 1.82 bits per heavy atom. The molecule has 0 saturated carbocycles. The second kappa shape index (κ2) is 8.82. The number of nitrogens with one attached hydrogen (secondary N) is 1. The van der Waals surface area contributed by atoms with E-state index < -0.39 is 10.9 Å². The number of anilines is 1. The Morgan fingerprint density at radius 3 is 2.59 bits per heavy atom. The summed E-state index contributed by atoms with van der Waals surface area (Å²) in [4.78, 5) is 23.3. The lowest BCUT2D eigenvalue weighted by Crippen LogP contribution is -2.13. The number of furan rings is 1. The minimum Gasteiger partial charge on any atom is -0.453 e. The van der Waals surface area contributed by atoms with Crippen LogP contribution in [0.15, 0.2) is 76.2 Å². The maximum Gasteiger partial charge on any atom is 0.379 e. The van der Waals surface area contributed by atoms with Crippen molar-refractivity contribution < 1.29 is 18.9 Å². The molecule has 1 heterocycles. The van der Waals surface area contributed by atoms with Crippen molar-refractivity contribution in [3.63, 3.8) is 0 Å². The van der Waals surface area contributed by atoms with Crippen LogP contribution in [0.4, 0.5) is 11.4 Å². The third-order valence-corrected chi connectivity index (χ3v) is 5.84. The number of carbonyl (C=O) groups is 1. The highest BCUT2D eigenvalue weighted by Gasteiger charge is 2.29. The van der Waals surface area contributed by atoms with Crippen molar-refractivity contribution in [3.8, 4) is 5.75 Å². The Hall–Kier alpha value is -4.46. The molecule has 1 aromatic heterocycles. The predicted molar refractivity (Wildman–Crippen MR) is 129 cm³/mol. The third-order valence-electron chi connectivity index (χ3n) is 5.84. The molecule has 0 bridgehead atoms. The fourth-order valence-corrected chi connectivity index (χ4v) is 4.15. The molecule has 170 valence electrons. The summed E-state index contributed by atoms with van der Waals surface area (Å²) in [6, 6.07) is 19.4. The average Bonchev–Trinajstić information content (AvgIpc) is 3.20. The summed E-state index contributed by atoms with van der Waals surface area (Å²) in [5.41, 5.74) is 5.86. The summed E-state index contributed by atoms with van der Waals surface area (Å²) < 4.78 is 11.5. The highest BCUT2D eigenvalue weighted by molar-refractivity contribution is 6.06. The second-order valence-corrected chi connectivity index (χ2v) is 8.08. The van der Waals surface area contributed by atoms with Crippen molar-refractivity contribution in [2.75, 3.05) is 5.43 Å². The van der Waals surface area contributed by atoms with E-state index in [-0.39, 0.29) is 11.4 Å². The maximum atomic E-state index is 12.9. The second-order valence-electron chi connectivity index (χ2n) is 8.08. The van der Waals surface area contributed by atoms with Crippen molar-refractivity contribution >= 4 is 33.8 Å². The summed E-state index contributed by atoms with van der Waals surface area (Å²) in [5.74, 6) is 0.776. The SMILES string of the molecule is Cc1c(C(=O)Oc2ccc3ccccc3c2)oc2c1/C(=N/Nc1ccc([N+](=O)[O-])cc1)CCC2. The zero-order valence-corrected chi connectivity index (χ0v) is 18.4. The molecule has 8 nitrogen and oxygen atoms in total. The zero-order valence-electron chi connectivity index (χ0n) is 18.4. The Kier molecular flexibility index (Phi) is 5.55. The first-order chi connectivity index (χ1) is 16.5. The van der Waals surface area contributed by atoms with E-state index in [4.69, 9.17) is 9.15 Å². The van der Waals surface area contributed by atoms with E-state index in [0.29, 0.717) is 35.6 Å². The van der Waals surface area contributed by atoms with Gasteiger partial charge in [0.25, 0.3) is 5.69 Å². The van der Waals surface area contributed by atoms with Gasteiger partial charge in [-0.2, -0.15) is 5.10 Å². The molecule has 0 saturated heterocycles. The highest BCUT2D eigenvalue weighted by Crippen LogP contribution is 2.31. The van der Waals surface area contributed by atoms with Gasteiger partial charge in [0.15, 0.2) is 0 Å². The van der Waals surface area contributed by atoms with Crippen LogP contribution in [-0.2, 0) is 6.42 Å². The fraction of sp³-hybridized carbons (Fsp3) is 0.154. The van der Waals surface area contributed by atoms with E-state index in [2.05, 4.69) is 10.5 Å². The van der Waals surface area contributed by atoms with Gasteiger partial charge in [-0.25, -0.2) is 4.79 Å². The van der Waals surface area contributed by atoms with Gasteiger partial charge in [0.1, 0.15) is 11.5 Å². The number of nitro groups is 1. The monoisotopic (exact) mass is 455 g/mol. The zero-order chi connectivity index (χ0) is 23.7. The summed E-state index contributed by atoms with van der Waals surface area (Å²) in [6.07, 6.45) is 2.25. The minimum atomic E-state index is -0.551. The first-order valence-electron chi connectivity index (χ1n) is 10.9. The Balaban J connectivity index is 1.38.